The Morgan fingerprint density at radius 3 is 2.94 bits per heavy atom. The Morgan fingerprint density at radius 2 is 2.38 bits per heavy atom. The second-order valence-electron chi connectivity index (χ2n) is 4.80. The lowest BCUT2D eigenvalue weighted by Gasteiger charge is -2.34. The van der Waals surface area contributed by atoms with Gasteiger partial charge in [-0.3, -0.25) is 4.79 Å². The smallest absolute Gasteiger partial charge is 0.323 e. The van der Waals surface area contributed by atoms with Crippen molar-refractivity contribution in [3.63, 3.8) is 0 Å². The largest absolute Gasteiger partial charge is 0.480 e. The van der Waals surface area contributed by atoms with Crippen molar-refractivity contribution in [3.8, 4) is 0 Å². The summed E-state index contributed by atoms with van der Waals surface area (Å²) in [6, 6.07) is 0. The van der Waals surface area contributed by atoms with Crippen molar-refractivity contribution in [1.82, 2.24) is 0 Å². The molecule has 0 aromatic rings. The lowest BCUT2D eigenvalue weighted by Crippen LogP contribution is -2.52. The topological polar surface area (TPSA) is 83.5 Å². The van der Waals surface area contributed by atoms with E-state index in [9.17, 15) is 4.79 Å². The van der Waals surface area contributed by atoms with Crippen molar-refractivity contribution < 1.29 is 15.0 Å². The predicted molar refractivity (Wildman–Crippen MR) is 65.5 cm³/mol. The monoisotopic (exact) mass is 247 g/mol. The van der Waals surface area contributed by atoms with E-state index in [0.29, 0.717) is 18.1 Å². The number of aliphatic hydroxyl groups is 1. The number of aliphatic carboxylic acids is 1. The minimum atomic E-state index is -1.03. The molecule has 4 N–H and O–H groups in total. The molecule has 0 amide bonds. The lowest BCUT2D eigenvalue weighted by molar-refractivity contribution is -0.144. The number of carboxylic acid groups (broad SMARTS) is 1. The molecule has 0 aromatic carbocycles. The zero-order valence-corrected chi connectivity index (χ0v) is 10.5. The molecule has 0 heterocycles. The van der Waals surface area contributed by atoms with Gasteiger partial charge in [-0.15, -0.1) is 0 Å². The summed E-state index contributed by atoms with van der Waals surface area (Å²) >= 11 is 1.75. The molecule has 0 aromatic heterocycles. The van der Waals surface area contributed by atoms with Crippen LogP contribution in [-0.4, -0.2) is 39.3 Å². The van der Waals surface area contributed by atoms with E-state index in [2.05, 4.69) is 0 Å². The Labute approximate surface area is 101 Å². The highest BCUT2D eigenvalue weighted by molar-refractivity contribution is 7.99. The summed E-state index contributed by atoms with van der Waals surface area (Å²) in [7, 11) is 0. The van der Waals surface area contributed by atoms with E-state index < -0.39 is 11.5 Å². The van der Waals surface area contributed by atoms with E-state index >= 15 is 0 Å². The van der Waals surface area contributed by atoms with E-state index in [-0.39, 0.29) is 12.5 Å². The molecule has 3 atom stereocenters. The molecule has 4 nitrogen and oxygen atoms in total. The molecule has 0 saturated heterocycles. The van der Waals surface area contributed by atoms with Crippen molar-refractivity contribution in [2.24, 2.45) is 11.7 Å². The molecule has 1 aliphatic rings. The minimum absolute atomic E-state index is 0.187. The van der Waals surface area contributed by atoms with Gasteiger partial charge in [0.15, 0.2) is 0 Å². The van der Waals surface area contributed by atoms with Crippen LogP contribution in [-0.2, 0) is 4.79 Å². The first-order valence-corrected chi connectivity index (χ1v) is 6.77. The molecule has 1 fully saturated rings. The van der Waals surface area contributed by atoms with Crippen LogP contribution in [0.25, 0.3) is 0 Å². The minimum Gasteiger partial charge on any atom is -0.480 e. The molecule has 94 valence electrons. The van der Waals surface area contributed by atoms with E-state index in [1.54, 1.807) is 11.8 Å². The van der Waals surface area contributed by atoms with E-state index in [1.165, 1.54) is 0 Å². The molecular formula is C11H21NO3S. The second kappa shape index (κ2) is 5.89. The van der Waals surface area contributed by atoms with Gasteiger partial charge in [0.05, 0.1) is 0 Å². The molecule has 5 heteroatoms. The highest BCUT2D eigenvalue weighted by Crippen LogP contribution is 2.34. The summed E-state index contributed by atoms with van der Waals surface area (Å²) in [4.78, 5) is 11.0. The van der Waals surface area contributed by atoms with Crippen LogP contribution in [0.3, 0.4) is 0 Å². The number of thioether (sulfide) groups is 1. The number of rotatable bonds is 5. The summed E-state index contributed by atoms with van der Waals surface area (Å²) in [5.41, 5.74) is 4.84. The first-order chi connectivity index (χ1) is 7.48. The normalized spacial score (nSPS) is 32.3. The second-order valence-corrected chi connectivity index (χ2v) is 6.13. The number of nitrogens with two attached hydrogens (primary N) is 1. The van der Waals surface area contributed by atoms with Gasteiger partial charge in [0.2, 0.25) is 0 Å². The maximum atomic E-state index is 11.0. The zero-order valence-electron chi connectivity index (χ0n) is 9.69. The summed E-state index contributed by atoms with van der Waals surface area (Å²) < 4.78 is 0. The standard InChI is InChI=1S/C11H21NO3S/c1-8(6-13)7-16-9-3-2-4-11(12,5-9)10(14)15/h8-9,13H,2-7,12H2,1H3,(H,14,15). The van der Waals surface area contributed by atoms with Crippen LogP contribution in [0.2, 0.25) is 0 Å². The predicted octanol–water partition coefficient (Wildman–Crippen LogP) is 1.07. The molecular weight excluding hydrogens is 226 g/mol. The Hall–Kier alpha value is -0.260. The van der Waals surface area contributed by atoms with Crippen LogP contribution in [0, 0.1) is 5.92 Å². The average Bonchev–Trinajstić information content (AvgIpc) is 2.26. The first kappa shape index (κ1) is 13.8. The maximum Gasteiger partial charge on any atom is 0.323 e. The van der Waals surface area contributed by atoms with Gasteiger partial charge in [-0.1, -0.05) is 6.92 Å². The Bertz CT molecular complexity index is 249. The van der Waals surface area contributed by atoms with E-state index in [4.69, 9.17) is 15.9 Å². The van der Waals surface area contributed by atoms with Gasteiger partial charge < -0.3 is 15.9 Å². The van der Waals surface area contributed by atoms with Gasteiger partial charge in [-0.25, -0.2) is 0 Å². The number of carboxylic acids is 1. The molecule has 0 radical (unpaired) electrons. The number of hydrogen-bond donors (Lipinski definition) is 3. The third kappa shape index (κ3) is 3.64. The summed E-state index contributed by atoms with van der Waals surface area (Å²) in [5, 5.41) is 18.3. The van der Waals surface area contributed by atoms with Crippen LogP contribution in [0.4, 0.5) is 0 Å². The lowest BCUT2D eigenvalue weighted by atomic mass is 9.82. The van der Waals surface area contributed by atoms with Crippen LogP contribution in [0.1, 0.15) is 32.6 Å². The Balaban J connectivity index is 2.42. The number of aliphatic hydroxyl groups excluding tert-OH is 1. The highest BCUT2D eigenvalue weighted by atomic mass is 32.2. The maximum absolute atomic E-state index is 11.0. The van der Waals surface area contributed by atoms with Gasteiger partial charge in [-0.05, 0) is 37.4 Å². The molecule has 16 heavy (non-hydrogen) atoms. The number of carbonyl (C=O) groups is 1. The van der Waals surface area contributed by atoms with E-state index in [0.717, 1.165) is 18.6 Å². The molecule has 1 rings (SSSR count). The van der Waals surface area contributed by atoms with Crippen molar-refractivity contribution in [2.75, 3.05) is 12.4 Å². The molecule has 3 unspecified atom stereocenters. The summed E-state index contributed by atoms with van der Waals surface area (Å²) in [6.45, 7) is 2.18. The fourth-order valence-electron chi connectivity index (χ4n) is 1.95. The molecule has 0 spiro atoms. The number of hydrogen-bond acceptors (Lipinski definition) is 4. The van der Waals surface area contributed by atoms with E-state index in [1.807, 2.05) is 6.92 Å². The van der Waals surface area contributed by atoms with Crippen LogP contribution < -0.4 is 5.73 Å². The third-order valence-electron chi connectivity index (χ3n) is 3.09. The first-order valence-electron chi connectivity index (χ1n) is 5.72. The van der Waals surface area contributed by atoms with Gasteiger partial charge >= 0.3 is 5.97 Å². The van der Waals surface area contributed by atoms with Crippen molar-refractivity contribution in [2.45, 2.75) is 43.4 Å². The quantitative estimate of drug-likeness (QED) is 0.677. The van der Waals surface area contributed by atoms with Crippen LogP contribution in [0.15, 0.2) is 0 Å². The molecule has 0 bridgehead atoms. The third-order valence-corrected chi connectivity index (χ3v) is 4.73. The fraction of sp³-hybridized carbons (Fsp3) is 0.909. The van der Waals surface area contributed by atoms with Crippen LogP contribution >= 0.6 is 11.8 Å². The summed E-state index contributed by atoms with van der Waals surface area (Å²) in [5.74, 6) is 0.258. The summed E-state index contributed by atoms with van der Waals surface area (Å²) in [6.07, 6.45) is 3.04. The Morgan fingerprint density at radius 1 is 1.69 bits per heavy atom. The molecule has 0 aliphatic heterocycles. The molecule has 1 saturated carbocycles. The zero-order chi connectivity index (χ0) is 12.2. The average molecular weight is 247 g/mol. The fourth-order valence-corrected chi connectivity index (χ4v) is 3.40. The highest BCUT2D eigenvalue weighted by Gasteiger charge is 2.39. The SMILES string of the molecule is CC(CO)CSC1CCCC(N)(C(=O)O)C1. The van der Waals surface area contributed by atoms with Gasteiger partial charge in [-0.2, -0.15) is 11.8 Å². The van der Waals surface area contributed by atoms with Gasteiger partial charge in [0.1, 0.15) is 5.54 Å². The molecule has 1 aliphatic carbocycles. The van der Waals surface area contributed by atoms with Crippen molar-refractivity contribution in [3.05, 3.63) is 0 Å². The van der Waals surface area contributed by atoms with Crippen LogP contribution in [0.5, 0.6) is 0 Å². The Kier molecular flexibility index (Phi) is 5.08. The van der Waals surface area contributed by atoms with Gasteiger partial charge in [0, 0.05) is 11.9 Å². The van der Waals surface area contributed by atoms with Crippen molar-refractivity contribution in [1.29, 1.82) is 0 Å². The van der Waals surface area contributed by atoms with Crippen molar-refractivity contribution >= 4 is 17.7 Å². The van der Waals surface area contributed by atoms with Gasteiger partial charge in [0.25, 0.3) is 0 Å².